The van der Waals surface area contributed by atoms with E-state index in [4.69, 9.17) is 14.2 Å². The highest BCUT2D eigenvalue weighted by molar-refractivity contribution is 6.06. The Kier molecular flexibility index (Phi) is 6.74. The Labute approximate surface area is 175 Å². The number of nitrogens with zero attached hydrogens (tertiary/aromatic N) is 1. The van der Waals surface area contributed by atoms with Crippen LogP contribution in [0.15, 0.2) is 48.5 Å². The lowest BCUT2D eigenvalue weighted by Crippen LogP contribution is -2.15. The number of carbonyl (C=O) groups is 1. The predicted octanol–water partition coefficient (Wildman–Crippen LogP) is 4.52. The fourth-order valence-electron chi connectivity index (χ4n) is 3.27. The molecule has 0 spiro atoms. The van der Waals surface area contributed by atoms with E-state index >= 15 is 0 Å². The highest BCUT2D eigenvalue weighted by Crippen LogP contribution is 2.28. The van der Waals surface area contributed by atoms with Crippen molar-refractivity contribution in [3.05, 3.63) is 71.3 Å². The van der Waals surface area contributed by atoms with Gasteiger partial charge in [-0.15, -0.1) is 0 Å². The topological polar surface area (TPSA) is 61.7 Å². The van der Waals surface area contributed by atoms with Crippen LogP contribution in [-0.2, 0) is 4.74 Å². The SMILES string of the molecule is COCCOc1ccc(F)cc1NC(=O)c1cc(C)n(-c2ccc(OC)cc2)c1C. The van der Waals surface area contributed by atoms with Gasteiger partial charge in [-0.25, -0.2) is 4.39 Å². The van der Waals surface area contributed by atoms with E-state index in [1.54, 1.807) is 20.3 Å². The van der Waals surface area contributed by atoms with Crippen molar-refractivity contribution in [2.45, 2.75) is 13.8 Å². The summed E-state index contributed by atoms with van der Waals surface area (Å²) >= 11 is 0. The molecular formula is C23H25FN2O4. The van der Waals surface area contributed by atoms with E-state index in [0.29, 0.717) is 17.9 Å². The Hall–Kier alpha value is -3.32. The first-order chi connectivity index (χ1) is 14.4. The van der Waals surface area contributed by atoms with Gasteiger partial charge in [-0.3, -0.25) is 4.79 Å². The van der Waals surface area contributed by atoms with Gasteiger partial charge in [-0.2, -0.15) is 0 Å². The van der Waals surface area contributed by atoms with Crippen LogP contribution in [0.25, 0.3) is 5.69 Å². The third-order valence-electron chi connectivity index (χ3n) is 4.74. The van der Waals surface area contributed by atoms with Gasteiger partial charge in [0.1, 0.15) is 23.9 Å². The molecule has 0 atom stereocenters. The van der Waals surface area contributed by atoms with Crippen molar-refractivity contribution < 1.29 is 23.4 Å². The lowest BCUT2D eigenvalue weighted by molar-refractivity contribution is 0.102. The summed E-state index contributed by atoms with van der Waals surface area (Å²) in [5.41, 5.74) is 3.35. The molecule has 1 aromatic heterocycles. The van der Waals surface area contributed by atoms with Crippen molar-refractivity contribution in [3.8, 4) is 17.2 Å². The number of hydrogen-bond acceptors (Lipinski definition) is 4. The molecule has 1 heterocycles. The second-order valence-corrected chi connectivity index (χ2v) is 6.75. The van der Waals surface area contributed by atoms with Crippen LogP contribution >= 0.6 is 0 Å². The summed E-state index contributed by atoms with van der Waals surface area (Å²) in [6.07, 6.45) is 0. The predicted molar refractivity (Wildman–Crippen MR) is 114 cm³/mol. The van der Waals surface area contributed by atoms with Gasteiger partial charge in [-0.05, 0) is 56.3 Å². The first-order valence-corrected chi connectivity index (χ1v) is 9.50. The largest absolute Gasteiger partial charge is 0.497 e. The smallest absolute Gasteiger partial charge is 0.257 e. The lowest BCUT2D eigenvalue weighted by atomic mass is 10.2. The zero-order chi connectivity index (χ0) is 21.7. The molecular weight excluding hydrogens is 387 g/mol. The van der Waals surface area contributed by atoms with Gasteiger partial charge in [0.05, 0.1) is 25.0 Å². The number of rotatable bonds is 8. The second-order valence-electron chi connectivity index (χ2n) is 6.75. The first-order valence-electron chi connectivity index (χ1n) is 9.50. The van der Waals surface area contributed by atoms with Crippen molar-refractivity contribution in [2.24, 2.45) is 0 Å². The molecule has 7 heteroatoms. The first kappa shape index (κ1) is 21.4. The minimum atomic E-state index is -0.465. The molecule has 1 N–H and O–H groups in total. The van der Waals surface area contributed by atoms with Crippen LogP contribution in [0.5, 0.6) is 11.5 Å². The average Bonchev–Trinajstić information content (AvgIpc) is 3.04. The number of aryl methyl sites for hydroxylation is 1. The molecule has 0 unspecified atom stereocenters. The van der Waals surface area contributed by atoms with E-state index in [9.17, 15) is 9.18 Å². The molecule has 0 saturated carbocycles. The van der Waals surface area contributed by atoms with Crippen molar-refractivity contribution in [1.82, 2.24) is 4.57 Å². The van der Waals surface area contributed by atoms with Gasteiger partial charge in [0.25, 0.3) is 5.91 Å². The number of carbonyl (C=O) groups excluding carboxylic acids is 1. The van der Waals surface area contributed by atoms with Crippen molar-refractivity contribution in [2.75, 3.05) is 32.8 Å². The van der Waals surface area contributed by atoms with Crippen molar-refractivity contribution >= 4 is 11.6 Å². The molecule has 30 heavy (non-hydrogen) atoms. The molecule has 0 aliphatic rings. The number of ether oxygens (including phenoxy) is 3. The molecule has 2 aromatic carbocycles. The van der Waals surface area contributed by atoms with E-state index in [0.717, 1.165) is 22.8 Å². The van der Waals surface area contributed by atoms with Gasteiger partial charge in [0.15, 0.2) is 0 Å². The molecule has 1 amide bonds. The molecule has 0 radical (unpaired) electrons. The molecule has 0 bridgehead atoms. The van der Waals surface area contributed by atoms with Gasteiger partial charge >= 0.3 is 0 Å². The summed E-state index contributed by atoms with van der Waals surface area (Å²) in [6.45, 7) is 4.47. The van der Waals surface area contributed by atoms with Crippen LogP contribution in [0.2, 0.25) is 0 Å². The van der Waals surface area contributed by atoms with Crippen LogP contribution in [-0.4, -0.2) is 37.9 Å². The number of methoxy groups -OCH3 is 2. The van der Waals surface area contributed by atoms with E-state index < -0.39 is 5.82 Å². The molecule has 0 aliphatic carbocycles. The van der Waals surface area contributed by atoms with Crippen LogP contribution in [0.1, 0.15) is 21.7 Å². The van der Waals surface area contributed by atoms with Crippen LogP contribution in [0.3, 0.4) is 0 Å². The van der Waals surface area contributed by atoms with Crippen LogP contribution < -0.4 is 14.8 Å². The van der Waals surface area contributed by atoms with Crippen LogP contribution in [0, 0.1) is 19.7 Å². The number of benzene rings is 2. The molecule has 0 saturated heterocycles. The Balaban J connectivity index is 1.87. The number of halogens is 1. The highest BCUT2D eigenvalue weighted by Gasteiger charge is 2.18. The summed E-state index contributed by atoms with van der Waals surface area (Å²) in [5.74, 6) is 0.329. The maximum atomic E-state index is 13.8. The summed E-state index contributed by atoms with van der Waals surface area (Å²) in [5, 5.41) is 2.77. The average molecular weight is 412 g/mol. The van der Waals surface area contributed by atoms with Gasteiger partial charge in [0, 0.05) is 30.3 Å². The van der Waals surface area contributed by atoms with E-state index in [1.165, 1.54) is 18.2 Å². The zero-order valence-electron chi connectivity index (χ0n) is 17.5. The highest BCUT2D eigenvalue weighted by atomic mass is 19.1. The zero-order valence-corrected chi connectivity index (χ0v) is 17.5. The normalized spacial score (nSPS) is 10.7. The standard InChI is InChI=1S/C23H25FN2O4/c1-15-13-20(16(2)26(15)18-6-8-19(29-4)9-7-18)23(27)25-21-14-17(24)5-10-22(21)30-12-11-28-3/h5-10,13-14H,11-12H2,1-4H3,(H,25,27). The maximum Gasteiger partial charge on any atom is 0.257 e. The number of anilines is 1. The minimum absolute atomic E-state index is 0.269. The molecule has 0 fully saturated rings. The summed E-state index contributed by atoms with van der Waals surface area (Å²) in [6, 6.07) is 13.4. The lowest BCUT2D eigenvalue weighted by Gasteiger charge is -2.13. The Bertz CT molecular complexity index is 1030. The molecule has 6 nitrogen and oxygen atoms in total. The Morgan fingerprint density at radius 2 is 1.77 bits per heavy atom. The maximum absolute atomic E-state index is 13.8. The summed E-state index contributed by atoms with van der Waals surface area (Å²) in [4.78, 5) is 13.0. The van der Waals surface area contributed by atoms with Gasteiger partial charge < -0.3 is 24.1 Å². The van der Waals surface area contributed by atoms with E-state index in [-0.39, 0.29) is 18.2 Å². The number of aromatic nitrogens is 1. The number of nitrogens with one attached hydrogen (secondary N) is 1. The van der Waals surface area contributed by atoms with Crippen molar-refractivity contribution in [3.63, 3.8) is 0 Å². The molecule has 0 aliphatic heterocycles. The van der Waals surface area contributed by atoms with Crippen LogP contribution in [0.4, 0.5) is 10.1 Å². The summed E-state index contributed by atoms with van der Waals surface area (Å²) < 4.78 is 31.5. The van der Waals surface area contributed by atoms with E-state index in [2.05, 4.69) is 5.32 Å². The number of hydrogen-bond donors (Lipinski definition) is 1. The molecule has 3 aromatic rings. The van der Waals surface area contributed by atoms with E-state index in [1.807, 2.05) is 42.7 Å². The fraction of sp³-hybridized carbons (Fsp3) is 0.261. The number of amides is 1. The molecule has 158 valence electrons. The monoisotopic (exact) mass is 412 g/mol. The quantitative estimate of drug-likeness (QED) is 0.553. The Morgan fingerprint density at radius 1 is 1.03 bits per heavy atom. The van der Waals surface area contributed by atoms with Gasteiger partial charge in [-0.1, -0.05) is 0 Å². The minimum Gasteiger partial charge on any atom is -0.497 e. The Morgan fingerprint density at radius 3 is 2.43 bits per heavy atom. The van der Waals surface area contributed by atoms with Gasteiger partial charge in [0.2, 0.25) is 0 Å². The summed E-state index contributed by atoms with van der Waals surface area (Å²) in [7, 11) is 3.18. The van der Waals surface area contributed by atoms with Crippen molar-refractivity contribution in [1.29, 1.82) is 0 Å². The molecule has 3 rings (SSSR count). The second kappa shape index (κ2) is 9.45. The third kappa shape index (κ3) is 4.63. The third-order valence-corrected chi connectivity index (χ3v) is 4.74. The fourth-order valence-corrected chi connectivity index (χ4v) is 3.27.